The fourth-order valence-corrected chi connectivity index (χ4v) is 5.22. The predicted octanol–water partition coefficient (Wildman–Crippen LogP) is 5.28. The SMILES string of the molecule is Cc1c(C(=O)NC2CCN(CCc3ccccc3)CC2)c2cc(O)ccc2n1Cc1ccc(F)cc1. The molecule has 1 saturated heterocycles. The van der Waals surface area contributed by atoms with Crippen LogP contribution in [0.3, 0.4) is 0 Å². The minimum atomic E-state index is -0.274. The molecule has 1 fully saturated rings. The van der Waals surface area contributed by atoms with Crippen LogP contribution in [-0.4, -0.2) is 46.2 Å². The Morgan fingerprint density at radius 3 is 2.44 bits per heavy atom. The average molecular weight is 486 g/mol. The van der Waals surface area contributed by atoms with Crippen molar-refractivity contribution < 1.29 is 14.3 Å². The summed E-state index contributed by atoms with van der Waals surface area (Å²) in [7, 11) is 0. The first-order chi connectivity index (χ1) is 17.5. The van der Waals surface area contributed by atoms with Gasteiger partial charge >= 0.3 is 0 Å². The number of carbonyl (C=O) groups is 1. The van der Waals surface area contributed by atoms with Crippen molar-refractivity contribution >= 4 is 16.8 Å². The second kappa shape index (κ2) is 10.5. The van der Waals surface area contributed by atoms with Crippen LogP contribution in [0.25, 0.3) is 10.9 Å². The zero-order valence-corrected chi connectivity index (χ0v) is 20.6. The van der Waals surface area contributed by atoms with Gasteiger partial charge in [-0.05, 0) is 67.6 Å². The molecule has 0 aliphatic carbocycles. The Morgan fingerprint density at radius 2 is 1.72 bits per heavy atom. The van der Waals surface area contributed by atoms with Gasteiger partial charge in [-0.3, -0.25) is 4.79 Å². The Morgan fingerprint density at radius 1 is 1.00 bits per heavy atom. The first kappa shape index (κ1) is 24.1. The third kappa shape index (κ3) is 5.29. The molecule has 3 aromatic carbocycles. The normalized spacial score (nSPS) is 14.8. The zero-order valence-electron chi connectivity index (χ0n) is 20.6. The van der Waals surface area contributed by atoms with Gasteiger partial charge in [0.05, 0.1) is 5.56 Å². The van der Waals surface area contributed by atoms with Crippen LogP contribution in [0.2, 0.25) is 0 Å². The van der Waals surface area contributed by atoms with E-state index in [0.29, 0.717) is 12.1 Å². The quantitative estimate of drug-likeness (QED) is 0.375. The van der Waals surface area contributed by atoms with Gasteiger partial charge in [0.1, 0.15) is 11.6 Å². The first-order valence-corrected chi connectivity index (χ1v) is 12.6. The summed E-state index contributed by atoms with van der Waals surface area (Å²) in [5.41, 5.74) is 4.59. The molecule has 0 spiro atoms. The van der Waals surface area contributed by atoms with E-state index in [1.165, 1.54) is 17.7 Å². The van der Waals surface area contributed by atoms with Crippen molar-refractivity contribution in [1.82, 2.24) is 14.8 Å². The molecule has 36 heavy (non-hydrogen) atoms. The lowest BCUT2D eigenvalue weighted by molar-refractivity contribution is 0.0912. The maximum atomic E-state index is 13.5. The number of halogens is 1. The van der Waals surface area contributed by atoms with Crippen molar-refractivity contribution in [2.24, 2.45) is 0 Å². The number of aromatic nitrogens is 1. The molecule has 0 atom stereocenters. The fraction of sp³-hybridized carbons (Fsp3) is 0.300. The number of nitrogens with one attached hydrogen (secondary N) is 1. The van der Waals surface area contributed by atoms with Crippen molar-refractivity contribution in [3.05, 3.63) is 101 Å². The molecular weight excluding hydrogens is 453 g/mol. The third-order valence-electron chi connectivity index (χ3n) is 7.27. The molecule has 5 nitrogen and oxygen atoms in total. The van der Waals surface area contributed by atoms with Gasteiger partial charge in [-0.15, -0.1) is 0 Å². The summed E-state index contributed by atoms with van der Waals surface area (Å²) >= 11 is 0. The number of likely N-dealkylation sites (tertiary alicyclic amines) is 1. The number of nitrogens with zero attached hydrogens (tertiary/aromatic N) is 2. The van der Waals surface area contributed by atoms with E-state index < -0.39 is 0 Å². The van der Waals surface area contributed by atoms with Crippen molar-refractivity contribution in [1.29, 1.82) is 0 Å². The number of hydrogen-bond donors (Lipinski definition) is 2. The lowest BCUT2D eigenvalue weighted by atomic mass is 10.0. The van der Waals surface area contributed by atoms with Crippen molar-refractivity contribution in [3.8, 4) is 5.75 Å². The van der Waals surface area contributed by atoms with Crippen LogP contribution in [-0.2, 0) is 13.0 Å². The molecule has 2 N–H and O–H groups in total. The Balaban J connectivity index is 1.28. The molecular formula is C30H32FN3O2. The summed E-state index contributed by atoms with van der Waals surface area (Å²) in [5, 5.41) is 14.1. The third-order valence-corrected chi connectivity index (χ3v) is 7.27. The number of amides is 1. The van der Waals surface area contributed by atoms with Gasteiger partial charge in [-0.1, -0.05) is 42.5 Å². The highest BCUT2D eigenvalue weighted by Crippen LogP contribution is 2.30. The smallest absolute Gasteiger partial charge is 0.253 e. The monoisotopic (exact) mass is 485 g/mol. The molecule has 1 aromatic heterocycles. The minimum Gasteiger partial charge on any atom is -0.508 e. The molecule has 1 aliphatic rings. The van der Waals surface area contributed by atoms with Crippen LogP contribution in [0, 0.1) is 12.7 Å². The van der Waals surface area contributed by atoms with Crippen LogP contribution in [0.1, 0.15) is 40.0 Å². The number of fused-ring (bicyclic) bond motifs is 1. The van der Waals surface area contributed by atoms with Crippen LogP contribution >= 0.6 is 0 Å². The Labute approximate surface area is 211 Å². The van der Waals surface area contributed by atoms with E-state index in [2.05, 4.69) is 39.0 Å². The molecule has 0 unspecified atom stereocenters. The highest BCUT2D eigenvalue weighted by atomic mass is 19.1. The molecule has 4 aromatic rings. The van der Waals surface area contributed by atoms with E-state index in [1.54, 1.807) is 24.3 Å². The number of rotatable bonds is 7. The molecule has 186 valence electrons. The first-order valence-electron chi connectivity index (χ1n) is 12.6. The van der Waals surface area contributed by atoms with E-state index in [4.69, 9.17) is 0 Å². The minimum absolute atomic E-state index is 0.108. The standard InChI is InChI=1S/C30H32FN3O2/c1-21-29(27-19-26(35)11-12-28(27)34(21)20-23-7-9-24(31)10-8-23)30(36)32-25-14-17-33(18-15-25)16-13-22-5-3-2-4-6-22/h2-12,19,25,35H,13-18,20H2,1H3,(H,32,36). The summed E-state index contributed by atoms with van der Waals surface area (Å²) in [6.45, 7) is 5.40. The number of aromatic hydroxyl groups is 1. The van der Waals surface area contributed by atoms with E-state index in [-0.39, 0.29) is 23.5 Å². The fourth-order valence-electron chi connectivity index (χ4n) is 5.22. The number of piperidine rings is 1. The van der Waals surface area contributed by atoms with E-state index in [9.17, 15) is 14.3 Å². The molecule has 0 bridgehead atoms. The van der Waals surface area contributed by atoms with Crippen LogP contribution < -0.4 is 5.32 Å². The Hall–Kier alpha value is -3.64. The summed E-state index contributed by atoms with van der Waals surface area (Å²) < 4.78 is 15.4. The average Bonchev–Trinajstić information content (AvgIpc) is 3.15. The second-order valence-electron chi connectivity index (χ2n) is 9.70. The van der Waals surface area contributed by atoms with E-state index in [0.717, 1.165) is 61.1 Å². The van der Waals surface area contributed by atoms with Gasteiger partial charge in [0.15, 0.2) is 0 Å². The van der Waals surface area contributed by atoms with Gasteiger partial charge < -0.3 is 19.9 Å². The molecule has 2 heterocycles. The van der Waals surface area contributed by atoms with Gasteiger partial charge in [0, 0.05) is 48.8 Å². The number of carbonyl (C=O) groups excluding carboxylic acids is 1. The molecule has 1 amide bonds. The van der Waals surface area contributed by atoms with Gasteiger partial charge in [0.25, 0.3) is 5.91 Å². The second-order valence-corrected chi connectivity index (χ2v) is 9.70. The van der Waals surface area contributed by atoms with Crippen LogP contribution in [0.15, 0.2) is 72.8 Å². The summed E-state index contributed by atoms with van der Waals surface area (Å²) in [6.07, 6.45) is 2.87. The molecule has 0 radical (unpaired) electrons. The molecule has 5 rings (SSSR count). The Bertz CT molecular complexity index is 1340. The topological polar surface area (TPSA) is 57.5 Å². The summed E-state index contributed by atoms with van der Waals surface area (Å²) in [5.74, 6) is -0.255. The lowest BCUT2D eigenvalue weighted by Crippen LogP contribution is -2.45. The maximum Gasteiger partial charge on any atom is 0.253 e. The highest BCUT2D eigenvalue weighted by Gasteiger charge is 2.25. The van der Waals surface area contributed by atoms with Crippen molar-refractivity contribution in [2.45, 2.75) is 38.8 Å². The van der Waals surface area contributed by atoms with Crippen LogP contribution in [0.4, 0.5) is 4.39 Å². The van der Waals surface area contributed by atoms with Gasteiger partial charge in [-0.2, -0.15) is 0 Å². The largest absolute Gasteiger partial charge is 0.508 e. The molecule has 0 saturated carbocycles. The molecule has 1 aliphatic heterocycles. The number of phenolic OH excluding ortho intramolecular Hbond substituents is 1. The maximum absolute atomic E-state index is 13.5. The number of phenols is 1. The zero-order chi connectivity index (χ0) is 25.1. The van der Waals surface area contributed by atoms with Crippen molar-refractivity contribution in [3.63, 3.8) is 0 Å². The highest BCUT2D eigenvalue weighted by molar-refractivity contribution is 6.09. The lowest BCUT2D eigenvalue weighted by Gasteiger charge is -2.32. The van der Waals surface area contributed by atoms with Gasteiger partial charge in [0.2, 0.25) is 0 Å². The molecule has 6 heteroatoms. The summed E-state index contributed by atoms with van der Waals surface area (Å²) in [6, 6.07) is 22.2. The predicted molar refractivity (Wildman–Crippen MR) is 141 cm³/mol. The number of benzene rings is 3. The van der Waals surface area contributed by atoms with E-state index in [1.807, 2.05) is 19.1 Å². The van der Waals surface area contributed by atoms with Gasteiger partial charge in [-0.25, -0.2) is 4.39 Å². The number of hydrogen-bond acceptors (Lipinski definition) is 3. The summed E-state index contributed by atoms with van der Waals surface area (Å²) in [4.78, 5) is 16.0. The Kier molecular flexibility index (Phi) is 7.05. The van der Waals surface area contributed by atoms with Crippen molar-refractivity contribution in [2.75, 3.05) is 19.6 Å². The van der Waals surface area contributed by atoms with E-state index >= 15 is 0 Å². The van der Waals surface area contributed by atoms with Crippen LogP contribution in [0.5, 0.6) is 5.75 Å².